The Morgan fingerprint density at radius 2 is 2.12 bits per heavy atom. The van der Waals surface area contributed by atoms with Crippen molar-refractivity contribution in [1.29, 1.82) is 0 Å². The van der Waals surface area contributed by atoms with E-state index in [0.717, 1.165) is 31.7 Å². The number of ether oxygens (including phenoxy) is 1. The van der Waals surface area contributed by atoms with Gasteiger partial charge in [0.05, 0.1) is 12.1 Å². The molecule has 0 saturated carbocycles. The fourth-order valence-corrected chi connectivity index (χ4v) is 2.24. The highest BCUT2D eigenvalue weighted by Crippen LogP contribution is 2.17. The number of likely N-dealkylation sites (N-methyl/N-ethyl adjacent to an activating group) is 1. The zero-order valence-electron chi connectivity index (χ0n) is 10.2. The van der Waals surface area contributed by atoms with E-state index in [1.807, 2.05) is 7.05 Å². The number of hydrogen-bond donors (Lipinski definition) is 1. The minimum Gasteiger partial charge on any atom is -0.379 e. The van der Waals surface area contributed by atoms with Gasteiger partial charge in [0.15, 0.2) is 0 Å². The molecule has 0 amide bonds. The number of nitrogens with zero attached hydrogens (tertiary/aromatic N) is 1. The van der Waals surface area contributed by atoms with Gasteiger partial charge >= 0.3 is 0 Å². The van der Waals surface area contributed by atoms with Gasteiger partial charge in [-0.1, -0.05) is 12.1 Å². The van der Waals surface area contributed by atoms with E-state index < -0.39 is 0 Å². The molecule has 1 fully saturated rings. The largest absolute Gasteiger partial charge is 0.379 e. The monoisotopic (exact) mass is 238 g/mol. The van der Waals surface area contributed by atoms with E-state index in [2.05, 4.69) is 4.90 Å². The van der Waals surface area contributed by atoms with Crippen molar-refractivity contribution in [2.24, 2.45) is 5.73 Å². The van der Waals surface area contributed by atoms with Gasteiger partial charge < -0.3 is 15.4 Å². The molecule has 94 valence electrons. The molecular formula is C13H19FN2O. The summed E-state index contributed by atoms with van der Waals surface area (Å²) >= 11 is 0. The maximum Gasteiger partial charge on any atom is 0.123 e. The van der Waals surface area contributed by atoms with Gasteiger partial charge in [-0.3, -0.25) is 0 Å². The molecule has 4 heteroatoms. The Bertz CT molecular complexity index is 360. The molecule has 1 aromatic rings. The number of rotatable bonds is 4. The van der Waals surface area contributed by atoms with Crippen LogP contribution in [0.5, 0.6) is 0 Å². The van der Waals surface area contributed by atoms with Gasteiger partial charge in [0.2, 0.25) is 0 Å². The molecule has 1 unspecified atom stereocenters. The molecule has 0 bridgehead atoms. The Hall–Kier alpha value is -0.970. The summed E-state index contributed by atoms with van der Waals surface area (Å²) in [5, 5.41) is 0. The molecule has 0 aliphatic carbocycles. The lowest BCUT2D eigenvalue weighted by atomic mass is 9.99. The summed E-state index contributed by atoms with van der Waals surface area (Å²) in [6.45, 7) is 2.95. The normalized spacial score (nSPS) is 24.5. The minimum atomic E-state index is -0.227. The van der Waals surface area contributed by atoms with Crippen molar-refractivity contribution in [3.63, 3.8) is 0 Å². The van der Waals surface area contributed by atoms with Crippen LogP contribution in [-0.2, 0) is 11.3 Å². The van der Waals surface area contributed by atoms with Crippen LogP contribution in [0.4, 0.5) is 4.39 Å². The van der Waals surface area contributed by atoms with Crippen molar-refractivity contribution in [2.45, 2.75) is 18.5 Å². The SMILES string of the molecule is CN(Cc1ccc(F)cc1)CC1(N)CCOC1. The molecule has 1 heterocycles. The third-order valence-corrected chi connectivity index (χ3v) is 3.08. The summed E-state index contributed by atoms with van der Waals surface area (Å²) < 4.78 is 18.1. The van der Waals surface area contributed by atoms with Crippen LogP contribution in [0.1, 0.15) is 12.0 Å². The minimum absolute atomic E-state index is 0.198. The standard InChI is InChI=1S/C13H19FN2O/c1-16(9-13(15)6-7-17-10-13)8-11-2-4-12(14)5-3-11/h2-5H,6-10,15H2,1H3. The first-order valence-electron chi connectivity index (χ1n) is 5.87. The van der Waals surface area contributed by atoms with E-state index >= 15 is 0 Å². The molecule has 1 aromatic carbocycles. The van der Waals surface area contributed by atoms with E-state index in [1.54, 1.807) is 12.1 Å². The van der Waals surface area contributed by atoms with Gasteiger partial charge in [-0.2, -0.15) is 0 Å². The second kappa shape index (κ2) is 5.12. The second-order valence-electron chi connectivity index (χ2n) is 4.96. The van der Waals surface area contributed by atoms with Crippen LogP contribution in [0, 0.1) is 5.82 Å². The van der Waals surface area contributed by atoms with Crippen molar-refractivity contribution in [1.82, 2.24) is 4.90 Å². The van der Waals surface area contributed by atoms with Crippen LogP contribution >= 0.6 is 0 Å². The molecule has 0 spiro atoms. The van der Waals surface area contributed by atoms with Gasteiger partial charge in [-0.05, 0) is 31.2 Å². The van der Waals surface area contributed by atoms with Crippen molar-refractivity contribution in [3.8, 4) is 0 Å². The van der Waals surface area contributed by atoms with E-state index in [0.29, 0.717) is 6.61 Å². The Kier molecular flexibility index (Phi) is 3.76. The predicted octanol–water partition coefficient (Wildman–Crippen LogP) is 1.38. The van der Waals surface area contributed by atoms with E-state index in [4.69, 9.17) is 10.5 Å². The zero-order chi connectivity index (χ0) is 12.3. The molecule has 2 rings (SSSR count). The van der Waals surface area contributed by atoms with Crippen molar-refractivity contribution in [3.05, 3.63) is 35.6 Å². The number of benzene rings is 1. The molecule has 1 aliphatic rings. The van der Waals surface area contributed by atoms with Gasteiger partial charge in [0.25, 0.3) is 0 Å². The van der Waals surface area contributed by atoms with Gasteiger partial charge in [-0.15, -0.1) is 0 Å². The van der Waals surface area contributed by atoms with Crippen LogP contribution in [0.15, 0.2) is 24.3 Å². The number of nitrogens with two attached hydrogens (primary N) is 1. The van der Waals surface area contributed by atoms with E-state index in [1.165, 1.54) is 12.1 Å². The molecule has 3 nitrogen and oxygen atoms in total. The quantitative estimate of drug-likeness (QED) is 0.861. The van der Waals surface area contributed by atoms with E-state index in [9.17, 15) is 4.39 Å². The highest BCUT2D eigenvalue weighted by atomic mass is 19.1. The van der Waals surface area contributed by atoms with Gasteiger partial charge in [0, 0.05) is 19.7 Å². The highest BCUT2D eigenvalue weighted by molar-refractivity contribution is 5.15. The number of halogens is 1. The summed E-state index contributed by atoms with van der Waals surface area (Å²) in [4.78, 5) is 2.15. The average Bonchev–Trinajstić information content (AvgIpc) is 2.68. The Labute approximate surface area is 101 Å². The summed E-state index contributed by atoms with van der Waals surface area (Å²) in [6.07, 6.45) is 0.904. The summed E-state index contributed by atoms with van der Waals surface area (Å²) in [7, 11) is 2.02. The lowest BCUT2D eigenvalue weighted by Gasteiger charge is -2.28. The predicted molar refractivity (Wildman–Crippen MR) is 65.1 cm³/mol. The smallest absolute Gasteiger partial charge is 0.123 e. The maximum absolute atomic E-state index is 12.8. The third kappa shape index (κ3) is 3.49. The molecule has 0 aromatic heterocycles. The molecule has 1 atom stereocenters. The first-order valence-corrected chi connectivity index (χ1v) is 5.87. The van der Waals surface area contributed by atoms with Gasteiger partial charge in [-0.25, -0.2) is 4.39 Å². The van der Waals surface area contributed by atoms with Crippen LogP contribution in [0.2, 0.25) is 0 Å². The summed E-state index contributed by atoms with van der Waals surface area (Å²) in [5.41, 5.74) is 7.08. The fourth-order valence-electron chi connectivity index (χ4n) is 2.24. The molecule has 0 radical (unpaired) electrons. The van der Waals surface area contributed by atoms with E-state index in [-0.39, 0.29) is 11.4 Å². The Morgan fingerprint density at radius 1 is 1.41 bits per heavy atom. The van der Waals surface area contributed by atoms with Crippen molar-refractivity contribution >= 4 is 0 Å². The summed E-state index contributed by atoms with van der Waals surface area (Å²) in [6, 6.07) is 6.58. The van der Waals surface area contributed by atoms with Crippen molar-refractivity contribution < 1.29 is 9.13 Å². The molecular weight excluding hydrogens is 219 g/mol. The van der Waals surface area contributed by atoms with Crippen LogP contribution < -0.4 is 5.73 Å². The molecule has 1 aliphatic heterocycles. The second-order valence-corrected chi connectivity index (χ2v) is 4.96. The number of hydrogen-bond acceptors (Lipinski definition) is 3. The highest BCUT2D eigenvalue weighted by Gasteiger charge is 2.31. The van der Waals surface area contributed by atoms with Crippen LogP contribution in [0.25, 0.3) is 0 Å². The topological polar surface area (TPSA) is 38.5 Å². The average molecular weight is 238 g/mol. The van der Waals surface area contributed by atoms with Crippen molar-refractivity contribution in [2.75, 3.05) is 26.8 Å². The van der Waals surface area contributed by atoms with Gasteiger partial charge in [0.1, 0.15) is 5.82 Å². The lowest BCUT2D eigenvalue weighted by Crippen LogP contribution is -2.49. The zero-order valence-corrected chi connectivity index (χ0v) is 10.2. The Balaban J connectivity index is 1.88. The van der Waals surface area contributed by atoms with Crippen LogP contribution in [0.3, 0.4) is 0 Å². The molecule has 17 heavy (non-hydrogen) atoms. The lowest BCUT2D eigenvalue weighted by molar-refractivity contribution is 0.159. The molecule has 1 saturated heterocycles. The Morgan fingerprint density at radius 3 is 2.71 bits per heavy atom. The first-order chi connectivity index (χ1) is 8.07. The molecule has 2 N–H and O–H groups in total. The fraction of sp³-hybridized carbons (Fsp3) is 0.538. The van der Waals surface area contributed by atoms with Crippen LogP contribution in [-0.4, -0.2) is 37.2 Å². The third-order valence-electron chi connectivity index (χ3n) is 3.08. The maximum atomic E-state index is 12.8. The summed E-state index contributed by atoms with van der Waals surface area (Å²) in [5.74, 6) is -0.198. The first kappa shape index (κ1) is 12.5.